The molecule has 0 N–H and O–H groups in total. The van der Waals surface area contributed by atoms with Crippen LogP contribution < -0.4 is 0 Å². The van der Waals surface area contributed by atoms with E-state index < -0.39 is 0 Å². The summed E-state index contributed by atoms with van der Waals surface area (Å²) in [6.45, 7) is 4.23. The van der Waals surface area contributed by atoms with Crippen molar-refractivity contribution in [2.24, 2.45) is 0 Å². The van der Waals surface area contributed by atoms with Gasteiger partial charge in [-0.15, -0.1) is 0 Å². The lowest BCUT2D eigenvalue weighted by atomic mass is 10.0. The van der Waals surface area contributed by atoms with Crippen LogP contribution in [0.3, 0.4) is 0 Å². The van der Waals surface area contributed by atoms with E-state index in [2.05, 4.69) is 62.4 Å². The topological polar surface area (TPSA) is 0 Å². The van der Waals surface area contributed by atoms with Crippen LogP contribution in [-0.4, -0.2) is 0 Å². The summed E-state index contributed by atoms with van der Waals surface area (Å²) in [5.74, 6) is 0. The largest absolute Gasteiger partial charge is 0.0843 e. The van der Waals surface area contributed by atoms with Crippen LogP contribution in [0, 0.1) is 13.8 Å². The zero-order chi connectivity index (χ0) is 19.9. The Bertz CT molecular complexity index is 945. The highest BCUT2D eigenvalue weighted by Gasteiger charge is 2.00. The number of benzene rings is 4. The van der Waals surface area contributed by atoms with Gasteiger partial charge in [0.05, 0.1) is 0 Å². The fourth-order valence-electron chi connectivity index (χ4n) is 3.05. The van der Waals surface area contributed by atoms with Gasteiger partial charge in [0.15, 0.2) is 0 Å². The molecule has 0 amide bonds. The molecule has 0 saturated heterocycles. The van der Waals surface area contributed by atoms with Gasteiger partial charge in [-0.2, -0.15) is 0 Å². The molecule has 0 heterocycles. The van der Waals surface area contributed by atoms with Crippen LogP contribution in [0.25, 0.3) is 22.3 Å². The van der Waals surface area contributed by atoms with E-state index in [0.29, 0.717) is 0 Å². The van der Waals surface area contributed by atoms with E-state index in [1.54, 1.807) is 0 Å². The van der Waals surface area contributed by atoms with Crippen molar-refractivity contribution in [2.75, 3.05) is 0 Å². The highest BCUT2D eigenvalue weighted by molar-refractivity contribution is 6.30. The maximum atomic E-state index is 5.84. The summed E-state index contributed by atoms with van der Waals surface area (Å²) < 4.78 is 0. The highest BCUT2D eigenvalue weighted by Crippen LogP contribution is 2.25. The Balaban J connectivity index is 0.000000161. The maximum Gasteiger partial charge on any atom is 0.0406 e. The minimum Gasteiger partial charge on any atom is -0.0843 e. The maximum absolute atomic E-state index is 5.84. The van der Waals surface area contributed by atoms with Crippen molar-refractivity contribution in [2.45, 2.75) is 13.8 Å². The first kappa shape index (κ1) is 20.2. The third-order valence-electron chi connectivity index (χ3n) is 4.60. The molecule has 0 aliphatic carbocycles. The van der Waals surface area contributed by atoms with Crippen molar-refractivity contribution >= 4 is 23.2 Å². The molecule has 0 aliphatic heterocycles. The molecule has 0 atom stereocenters. The first-order valence-electron chi connectivity index (χ1n) is 9.18. The van der Waals surface area contributed by atoms with Crippen LogP contribution in [0.2, 0.25) is 10.0 Å². The molecule has 2 heteroatoms. The fourth-order valence-corrected chi connectivity index (χ4v) is 3.30. The minimum atomic E-state index is 0.780. The Morgan fingerprint density at radius 2 is 0.750 bits per heavy atom. The summed E-state index contributed by atoms with van der Waals surface area (Å²) in [4.78, 5) is 0. The number of hydrogen-bond donors (Lipinski definition) is 0. The van der Waals surface area contributed by atoms with Gasteiger partial charge in [-0.05, 0) is 71.5 Å². The molecule has 0 spiro atoms. The van der Waals surface area contributed by atoms with Crippen LogP contribution in [-0.2, 0) is 0 Å². The number of halogens is 2. The Morgan fingerprint density at radius 3 is 1.07 bits per heavy atom. The van der Waals surface area contributed by atoms with Crippen LogP contribution in [0.15, 0.2) is 97.1 Å². The van der Waals surface area contributed by atoms with Crippen LogP contribution in [0.1, 0.15) is 11.1 Å². The van der Waals surface area contributed by atoms with Gasteiger partial charge in [-0.3, -0.25) is 0 Å². The van der Waals surface area contributed by atoms with Crippen molar-refractivity contribution in [3.05, 3.63) is 118 Å². The number of rotatable bonds is 2. The summed E-state index contributed by atoms with van der Waals surface area (Å²) in [5.41, 5.74) is 7.54. The molecule has 0 aliphatic rings. The van der Waals surface area contributed by atoms with E-state index in [9.17, 15) is 0 Å². The van der Waals surface area contributed by atoms with Crippen molar-refractivity contribution in [3.63, 3.8) is 0 Å². The van der Waals surface area contributed by atoms with Gasteiger partial charge in [0.2, 0.25) is 0 Å². The molecule has 0 bridgehead atoms. The molecule has 0 fully saturated rings. The van der Waals surface area contributed by atoms with E-state index in [4.69, 9.17) is 23.2 Å². The van der Waals surface area contributed by atoms with E-state index in [1.807, 2.05) is 48.5 Å². The van der Waals surface area contributed by atoms with E-state index in [-0.39, 0.29) is 0 Å². The first-order chi connectivity index (χ1) is 13.5. The quantitative estimate of drug-likeness (QED) is 0.313. The summed E-state index contributed by atoms with van der Waals surface area (Å²) in [6.07, 6.45) is 0. The number of aryl methyl sites for hydroxylation is 2. The van der Waals surface area contributed by atoms with Crippen LogP contribution in [0.4, 0.5) is 0 Å². The Labute approximate surface area is 177 Å². The summed E-state index contributed by atoms with van der Waals surface area (Å²) in [7, 11) is 0. The van der Waals surface area contributed by atoms with Crippen molar-refractivity contribution < 1.29 is 0 Å². The van der Waals surface area contributed by atoms with Gasteiger partial charge >= 0.3 is 0 Å². The third-order valence-corrected chi connectivity index (χ3v) is 5.10. The summed E-state index contributed by atoms with van der Waals surface area (Å²) in [5, 5.41) is 1.56. The van der Waals surface area contributed by atoms with E-state index >= 15 is 0 Å². The molecule has 0 nitrogen and oxygen atoms in total. The Hall–Kier alpha value is -2.54. The smallest absolute Gasteiger partial charge is 0.0406 e. The summed E-state index contributed by atoms with van der Waals surface area (Å²) in [6, 6.07) is 32.5. The predicted molar refractivity (Wildman–Crippen MR) is 123 cm³/mol. The first-order valence-corrected chi connectivity index (χ1v) is 9.93. The monoisotopic (exact) mass is 404 g/mol. The Kier molecular flexibility index (Phi) is 6.92. The molecule has 4 rings (SSSR count). The zero-order valence-electron chi connectivity index (χ0n) is 16.0. The lowest BCUT2D eigenvalue weighted by Crippen LogP contribution is -1.81. The molecule has 0 aromatic heterocycles. The van der Waals surface area contributed by atoms with Gasteiger partial charge < -0.3 is 0 Å². The summed E-state index contributed by atoms with van der Waals surface area (Å²) >= 11 is 11.7. The van der Waals surface area contributed by atoms with E-state index in [0.717, 1.165) is 10.0 Å². The molecule has 0 radical (unpaired) electrons. The van der Waals surface area contributed by atoms with Crippen molar-refractivity contribution in [3.8, 4) is 22.3 Å². The van der Waals surface area contributed by atoms with Gasteiger partial charge in [-0.25, -0.2) is 0 Å². The van der Waals surface area contributed by atoms with Crippen molar-refractivity contribution in [1.82, 2.24) is 0 Å². The average molecular weight is 405 g/mol. The molecular weight excluding hydrogens is 383 g/mol. The molecule has 4 aromatic carbocycles. The molecule has 0 saturated carbocycles. The van der Waals surface area contributed by atoms with Gasteiger partial charge in [0.25, 0.3) is 0 Å². The van der Waals surface area contributed by atoms with E-state index in [1.165, 1.54) is 33.4 Å². The fraction of sp³-hybridized carbons (Fsp3) is 0.0769. The van der Waals surface area contributed by atoms with Gasteiger partial charge in [-0.1, -0.05) is 96.0 Å². The van der Waals surface area contributed by atoms with Crippen LogP contribution >= 0.6 is 23.2 Å². The predicted octanol–water partition coefficient (Wildman–Crippen LogP) is 8.63. The number of hydrogen-bond acceptors (Lipinski definition) is 0. The van der Waals surface area contributed by atoms with Crippen LogP contribution in [0.5, 0.6) is 0 Å². The molecular formula is C26H22Cl2. The second kappa shape index (κ2) is 9.59. The second-order valence-corrected chi connectivity index (χ2v) is 7.52. The van der Waals surface area contributed by atoms with Gasteiger partial charge in [0, 0.05) is 10.0 Å². The average Bonchev–Trinajstić information content (AvgIpc) is 2.71. The second-order valence-electron chi connectivity index (χ2n) is 6.64. The highest BCUT2D eigenvalue weighted by atomic mass is 35.5. The lowest BCUT2D eigenvalue weighted by molar-refractivity contribution is 1.46. The van der Waals surface area contributed by atoms with Gasteiger partial charge in [0.1, 0.15) is 0 Å². The molecule has 4 aromatic rings. The normalized spacial score (nSPS) is 10.1. The molecule has 140 valence electrons. The molecule has 28 heavy (non-hydrogen) atoms. The standard InChI is InChI=1S/2C13H11Cl/c2*1-10-4-2-3-5-13(10)11-6-8-12(14)9-7-11/h2*2-9H,1H3. The SMILES string of the molecule is Cc1ccccc1-c1ccc(Cl)cc1.Cc1ccccc1-c1ccc(Cl)cc1. The Morgan fingerprint density at radius 1 is 0.429 bits per heavy atom. The third kappa shape index (κ3) is 5.25. The zero-order valence-corrected chi connectivity index (χ0v) is 17.5. The van der Waals surface area contributed by atoms with Crippen molar-refractivity contribution in [1.29, 1.82) is 0 Å². The minimum absolute atomic E-state index is 0.780. The lowest BCUT2D eigenvalue weighted by Gasteiger charge is -2.05. The molecule has 0 unspecified atom stereocenters.